The highest BCUT2D eigenvalue weighted by molar-refractivity contribution is 6.29. The van der Waals surface area contributed by atoms with E-state index in [1.54, 1.807) is 30.3 Å². The Morgan fingerprint density at radius 1 is 0.773 bits per heavy atom. The number of piperidine rings is 1. The van der Waals surface area contributed by atoms with Crippen LogP contribution >= 0.6 is 0 Å². The molecular formula is C49H50FN9O7. The number of para-hydroxylation sites is 1. The Labute approximate surface area is 380 Å². The second kappa shape index (κ2) is 18.6. The van der Waals surface area contributed by atoms with Gasteiger partial charge in [-0.05, 0) is 122 Å². The summed E-state index contributed by atoms with van der Waals surface area (Å²) in [4.78, 5) is 86.6. The van der Waals surface area contributed by atoms with Gasteiger partial charge in [0.1, 0.15) is 34.8 Å². The highest BCUT2D eigenvalue weighted by atomic mass is 19.1. The molecule has 5 aliphatic rings. The lowest BCUT2D eigenvalue weighted by Gasteiger charge is -2.39. The van der Waals surface area contributed by atoms with Gasteiger partial charge in [0, 0.05) is 63.0 Å². The van der Waals surface area contributed by atoms with Crippen molar-refractivity contribution in [3.8, 4) is 11.5 Å². The summed E-state index contributed by atoms with van der Waals surface area (Å²) < 4.78 is 21.4. The van der Waals surface area contributed by atoms with Gasteiger partial charge in [0.25, 0.3) is 23.6 Å². The minimum Gasteiger partial charge on any atom is -0.457 e. The number of halogens is 1. The average Bonchev–Trinajstić information content (AvgIpc) is 3.41. The minimum absolute atomic E-state index is 0.00370. The molecule has 3 fully saturated rings. The van der Waals surface area contributed by atoms with Gasteiger partial charge < -0.3 is 31.7 Å². The SMILES string of the molecule is NC(=O)C(C1=NCCc2cc(C(=O)NC3CCC(CN4CCN(c5cc6c(cc5F)C(=O)N(C5CCC(=O)NC5=O)C6=O)CC4)CC3)ccc2N1)=C(N)c1ccc(Oc2ccccc2)cc1. The van der Waals surface area contributed by atoms with Crippen molar-refractivity contribution in [1.82, 2.24) is 20.4 Å². The van der Waals surface area contributed by atoms with Crippen LogP contribution in [0.2, 0.25) is 0 Å². The number of carbonyl (C=O) groups excluding carboxylic acids is 6. The number of rotatable bonds is 11. The first-order valence-electron chi connectivity index (χ1n) is 22.3. The van der Waals surface area contributed by atoms with Crippen molar-refractivity contribution >= 4 is 58.4 Å². The minimum atomic E-state index is -1.12. The van der Waals surface area contributed by atoms with E-state index in [4.69, 9.17) is 16.2 Å². The summed E-state index contributed by atoms with van der Waals surface area (Å²) in [7, 11) is 0. The summed E-state index contributed by atoms with van der Waals surface area (Å²) in [5.74, 6) is -2.08. The van der Waals surface area contributed by atoms with Crippen molar-refractivity contribution in [1.29, 1.82) is 0 Å². The molecule has 0 bridgehead atoms. The van der Waals surface area contributed by atoms with Gasteiger partial charge in [-0.2, -0.15) is 0 Å². The van der Waals surface area contributed by atoms with E-state index in [0.29, 0.717) is 73.4 Å². The predicted molar refractivity (Wildman–Crippen MR) is 244 cm³/mol. The number of piperazine rings is 1. The quantitative estimate of drug-likeness (QED) is 0.105. The molecule has 9 rings (SSSR count). The van der Waals surface area contributed by atoms with E-state index < -0.39 is 41.4 Å². The predicted octanol–water partition coefficient (Wildman–Crippen LogP) is 4.35. The molecule has 16 nitrogen and oxygen atoms in total. The summed E-state index contributed by atoms with van der Waals surface area (Å²) in [6.45, 7) is 3.66. The summed E-state index contributed by atoms with van der Waals surface area (Å²) in [5, 5.41) is 8.66. The number of hydrogen-bond acceptors (Lipinski definition) is 12. The number of aliphatic imine (C=N–C) groups is 1. The molecule has 0 aromatic heterocycles. The smallest absolute Gasteiger partial charge is 0.262 e. The number of nitrogens with two attached hydrogens (primary N) is 2. The van der Waals surface area contributed by atoms with Crippen molar-refractivity contribution in [2.24, 2.45) is 22.4 Å². The fourth-order valence-electron chi connectivity index (χ4n) is 9.52. The first kappa shape index (κ1) is 43.8. The average molecular weight is 896 g/mol. The maximum atomic E-state index is 15.5. The zero-order valence-electron chi connectivity index (χ0n) is 36.2. The third-order valence-electron chi connectivity index (χ3n) is 13.1. The molecule has 4 aromatic carbocycles. The molecule has 7 N–H and O–H groups in total. The number of benzene rings is 4. The van der Waals surface area contributed by atoms with Crippen LogP contribution in [0.3, 0.4) is 0 Å². The molecular weight excluding hydrogens is 846 g/mol. The first-order valence-corrected chi connectivity index (χ1v) is 22.3. The zero-order chi connectivity index (χ0) is 46.1. The van der Waals surface area contributed by atoms with Crippen LogP contribution < -0.4 is 37.1 Å². The number of primary amides is 1. The number of nitrogens with zero attached hydrogens (tertiary/aromatic N) is 4. The normalized spacial score (nSPS) is 21.4. The van der Waals surface area contributed by atoms with E-state index in [0.717, 1.165) is 48.8 Å². The Bertz CT molecular complexity index is 2670. The maximum Gasteiger partial charge on any atom is 0.262 e. The second-order valence-electron chi connectivity index (χ2n) is 17.3. The lowest BCUT2D eigenvalue weighted by Crippen LogP contribution is -2.54. The van der Waals surface area contributed by atoms with E-state index in [1.165, 1.54) is 6.07 Å². The van der Waals surface area contributed by atoms with E-state index in [-0.39, 0.29) is 58.7 Å². The Hall–Kier alpha value is -7.40. The van der Waals surface area contributed by atoms with Gasteiger partial charge >= 0.3 is 0 Å². The van der Waals surface area contributed by atoms with E-state index >= 15 is 4.39 Å². The van der Waals surface area contributed by atoms with Gasteiger partial charge in [-0.25, -0.2) is 4.39 Å². The van der Waals surface area contributed by atoms with Gasteiger partial charge in [-0.1, -0.05) is 18.2 Å². The lowest BCUT2D eigenvalue weighted by molar-refractivity contribution is -0.136. The zero-order valence-corrected chi connectivity index (χ0v) is 36.2. The molecule has 2 saturated heterocycles. The number of ether oxygens (including phenoxy) is 1. The van der Waals surface area contributed by atoms with Gasteiger partial charge in [0.05, 0.1) is 22.5 Å². The van der Waals surface area contributed by atoms with Crippen LogP contribution in [0.4, 0.5) is 15.8 Å². The second-order valence-corrected chi connectivity index (χ2v) is 17.3. The lowest BCUT2D eigenvalue weighted by atomic mass is 9.85. The highest BCUT2D eigenvalue weighted by Gasteiger charge is 2.45. The highest BCUT2D eigenvalue weighted by Crippen LogP contribution is 2.34. The Balaban J connectivity index is 0.751. The van der Waals surface area contributed by atoms with Crippen LogP contribution in [0, 0.1) is 11.7 Å². The summed E-state index contributed by atoms with van der Waals surface area (Å²) in [6.07, 6.45) is 4.14. The van der Waals surface area contributed by atoms with Gasteiger partial charge in [-0.15, -0.1) is 0 Å². The number of carbonyl (C=O) groups is 6. The first-order chi connectivity index (χ1) is 31.9. The van der Waals surface area contributed by atoms with Crippen molar-refractivity contribution in [3.63, 3.8) is 0 Å². The monoisotopic (exact) mass is 895 g/mol. The van der Waals surface area contributed by atoms with Crippen LogP contribution in [0.25, 0.3) is 5.70 Å². The summed E-state index contributed by atoms with van der Waals surface area (Å²) in [5.41, 5.74) is 15.5. The molecule has 1 atom stereocenters. The van der Waals surface area contributed by atoms with E-state index in [1.807, 2.05) is 47.4 Å². The number of hydrogen-bond donors (Lipinski definition) is 5. The van der Waals surface area contributed by atoms with Crippen LogP contribution in [0.1, 0.15) is 80.7 Å². The van der Waals surface area contributed by atoms with Crippen LogP contribution in [-0.2, 0) is 20.8 Å². The van der Waals surface area contributed by atoms with Crippen LogP contribution in [0.5, 0.6) is 11.5 Å². The number of fused-ring (bicyclic) bond motifs is 2. The van der Waals surface area contributed by atoms with E-state index in [2.05, 4.69) is 25.8 Å². The van der Waals surface area contributed by atoms with Gasteiger partial charge in [0.2, 0.25) is 11.8 Å². The fourth-order valence-corrected chi connectivity index (χ4v) is 9.52. The molecule has 0 radical (unpaired) electrons. The molecule has 17 heteroatoms. The van der Waals surface area contributed by atoms with Gasteiger partial charge in [0.15, 0.2) is 0 Å². The maximum absolute atomic E-state index is 15.5. The van der Waals surface area contributed by atoms with Crippen molar-refractivity contribution in [3.05, 3.63) is 124 Å². The van der Waals surface area contributed by atoms with Gasteiger partial charge in [-0.3, -0.25) is 48.9 Å². The van der Waals surface area contributed by atoms with E-state index in [9.17, 15) is 28.8 Å². The number of amidine groups is 1. The Morgan fingerprint density at radius 3 is 2.15 bits per heavy atom. The molecule has 4 heterocycles. The number of amides is 6. The molecule has 1 aliphatic carbocycles. The molecule has 340 valence electrons. The molecule has 4 aliphatic heterocycles. The van der Waals surface area contributed by atoms with Crippen molar-refractivity contribution in [2.45, 2.75) is 57.0 Å². The summed E-state index contributed by atoms with van der Waals surface area (Å²) in [6, 6.07) is 23.2. The standard InChI is InChI=1S/C49H50FN9O7/c50-37-25-35-36(49(65)59(48(35)64)39-16-17-41(60)56-47(39)63)26-40(37)58-22-20-57(21-23-58)27-28-6-11-32(12-7-28)54-46(62)31-10-15-38-30(24-31)18-19-53-45(55-38)42(44(52)61)43(51)29-8-13-34(14-9-29)66-33-4-2-1-3-5-33/h1-5,8-10,13-15,24-26,28,32,39H,6-7,11-12,16-23,27,51H2,(H2,52,61)(H,53,55)(H,54,62)(H,56,60,63). The van der Waals surface area contributed by atoms with Crippen LogP contribution in [0.15, 0.2) is 95.5 Å². The molecule has 0 spiro atoms. The third-order valence-corrected chi connectivity index (χ3v) is 13.1. The largest absolute Gasteiger partial charge is 0.457 e. The number of nitrogens with one attached hydrogen (secondary N) is 3. The number of anilines is 2. The molecule has 1 unspecified atom stereocenters. The molecule has 66 heavy (non-hydrogen) atoms. The third kappa shape index (κ3) is 9.11. The Morgan fingerprint density at radius 2 is 1.45 bits per heavy atom. The van der Waals surface area contributed by atoms with Crippen LogP contribution in [-0.4, -0.2) is 102 Å². The van der Waals surface area contributed by atoms with Crippen molar-refractivity contribution < 1.29 is 37.9 Å². The molecule has 4 aromatic rings. The fraction of sp³-hybridized carbons (Fsp3) is 0.327. The number of imide groups is 2. The Kier molecular flexibility index (Phi) is 12.4. The molecule has 6 amide bonds. The topological polar surface area (TPSA) is 222 Å². The van der Waals surface area contributed by atoms with Crippen molar-refractivity contribution in [2.75, 3.05) is 49.5 Å². The molecule has 1 saturated carbocycles. The summed E-state index contributed by atoms with van der Waals surface area (Å²) >= 11 is 0.